The topological polar surface area (TPSA) is 83.0 Å². The van der Waals surface area contributed by atoms with E-state index in [-0.39, 0.29) is 30.8 Å². The van der Waals surface area contributed by atoms with Crippen molar-refractivity contribution in [2.75, 3.05) is 35.7 Å². The molecule has 28 heavy (non-hydrogen) atoms. The number of carbonyl (C=O) groups is 3. The predicted octanol–water partition coefficient (Wildman–Crippen LogP) is 0.822. The molecular weight excluding hydrogens is 356 g/mol. The summed E-state index contributed by atoms with van der Waals surface area (Å²) in [5, 5.41) is 5.62. The highest BCUT2D eigenvalue weighted by Gasteiger charge is 2.33. The van der Waals surface area contributed by atoms with Crippen molar-refractivity contribution < 1.29 is 19.3 Å². The van der Waals surface area contributed by atoms with E-state index in [4.69, 9.17) is 0 Å². The second-order valence-electron chi connectivity index (χ2n) is 7.15. The standard InChI is InChI=1S/C21H24N4O3/c1-14-8-10-16(11-9-14)22-19(26)12-24(3)15(2)21(28)25-13-20(27)23-17-6-4-5-7-18(17)25/h4-11,15H,12-13H2,1-3H3,(H,22,26)(H,23,27)/p+1/t15-/m1/s1. The lowest BCUT2D eigenvalue weighted by Crippen LogP contribution is -3.15. The van der Waals surface area contributed by atoms with Crippen LogP contribution in [0.5, 0.6) is 0 Å². The maximum absolute atomic E-state index is 13.0. The van der Waals surface area contributed by atoms with Crippen LogP contribution in [0.2, 0.25) is 0 Å². The number of aryl methyl sites for hydroxylation is 1. The SMILES string of the molecule is Cc1ccc(NC(=O)C[NH+](C)[C@H](C)C(=O)N2CC(=O)Nc3ccccc32)cc1. The Labute approximate surface area is 164 Å². The monoisotopic (exact) mass is 381 g/mol. The molecule has 0 saturated heterocycles. The van der Waals surface area contributed by atoms with Crippen LogP contribution in [0.4, 0.5) is 17.1 Å². The molecule has 2 atom stereocenters. The van der Waals surface area contributed by atoms with E-state index in [1.807, 2.05) is 43.3 Å². The van der Waals surface area contributed by atoms with Crippen molar-refractivity contribution in [3.05, 3.63) is 54.1 Å². The Kier molecular flexibility index (Phi) is 5.75. The molecule has 0 bridgehead atoms. The zero-order valence-corrected chi connectivity index (χ0v) is 16.3. The third kappa shape index (κ3) is 4.37. The number of fused-ring (bicyclic) bond motifs is 1. The minimum absolute atomic E-state index is 0.0248. The van der Waals surface area contributed by atoms with E-state index >= 15 is 0 Å². The van der Waals surface area contributed by atoms with Crippen LogP contribution < -0.4 is 20.4 Å². The Morgan fingerprint density at radius 3 is 2.57 bits per heavy atom. The largest absolute Gasteiger partial charge is 0.323 e. The molecule has 0 radical (unpaired) electrons. The van der Waals surface area contributed by atoms with Crippen LogP contribution in [-0.2, 0) is 14.4 Å². The van der Waals surface area contributed by atoms with Gasteiger partial charge in [-0.05, 0) is 38.1 Å². The Morgan fingerprint density at radius 2 is 1.86 bits per heavy atom. The van der Waals surface area contributed by atoms with Crippen LogP contribution in [0.1, 0.15) is 12.5 Å². The fourth-order valence-corrected chi connectivity index (χ4v) is 3.12. The summed E-state index contributed by atoms with van der Waals surface area (Å²) in [6.45, 7) is 3.87. The number of benzene rings is 2. The summed E-state index contributed by atoms with van der Waals surface area (Å²) in [5.74, 6) is -0.588. The van der Waals surface area contributed by atoms with Gasteiger partial charge in [-0.2, -0.15) is 0 Å². The zero-order chi connectivity index (χ0) is 20.3. The lowest BCUT2D eigenvalue weighted by molar-refractivity contribution is -0.885. The number of anilines is 3. The molecule has 2 aromatic carbocycles. The number of hydrogen-bond donors (Lipinski definition) is 3. The summed E-state index contributed by atoms with van der Waals surface area (Å²) in [6, 6.07) is 14.3. The number of carbonyl (C=O) groups excluding carboxylic acids is 3. The number of amides is 3. The van der Waals surface area contributed by atoms with Crippen LogP contribution in [0.15, 0.2) is 48.5 Å². The molecule has 0 saturated carbocycles. The van der Waals surface area contributed by atoms with Gasteiger partial charge in [-0.25, -0.2) is 0 Å². The van der Waals surface area contributed by atoms with E-state index in [1.165, 1.54) is 4.90 Å². The molecule has 1 aliphatic heterocycles. The van der Waals surface area contributed by atoms with Crippen molar-refractivity contribution in [1.29, 1.82) is 0 Å². The van der Waals surface area contributed by atoms with Crippen molar-refractivity contribution in [3.8, 4) is 0 Å². The lowest BCUT2D eigenvalue weighted by atomic mass is 10.1. The molecule has 146 valence electrons. The van der Waals surface area contributed by atoms with Gasteiger partial charge in [0.2, 0.25) is 5.91 Å². The van der Waals surface area contributed by atoms with Crippen LogP contribution in [0.3, 0.4) is 0 Å². The molecule has 0 spiro atoms. The van der Waals surface area contributed by atoms with Gasteiger partial charge < -0.3 is 15.5 Å². The molecule has 3 N–H and O–H groups in total. The summed E-state index contributed by atoms with van der Waals surface area (Å²) in [4.78, 5) is 39.6. The molecule has 0 aliphatic carbocycles. The van der Waals surface area contributed by atoms with Gasteiger partial charge in [0.05, 0.1) is 18.4 Å². The van der Waals surface area contributed by atoms with Gasteiger partial charge in [0, 0.05) is 5.69 Å². The number of quaternary nitrogens is 1. The van der Waals surface area contributed by atoms with Gasteiger partial charge >= 0.3 is 0 Å². The first-order valence-corrected chi connectivity index (χ1v) is 9.24. The van der Waals surface area contributed by atoms with Crippen molar-refractivity contribution in [2.24, 2.45) is 0 Å². The molecule has 7 heteroatoms. The Bertz CT molecular complexity index is 895. The molecule has 2 aromatic rings. The van der Waals surface area contributed by atoms with Crippen molar-refractivity contribution in [2.45, 2.75) is 19.9 Å². The third-order valence-corrected chi connectivity index (χ3v) is 4.92. The minimum atomic E-state index is -0.484. The predicted molar refractivity (Wildman–Crippen MR) is 108 cm³/mol. The van der Waals surface area contributed by atoms with Crippen LogP contribution >= 0.6 is 0 Å². The second-order valence-corrected chi connectivity index (χ2v) is 7.15. The van der Waals surface area contributed by atoms with Gasteiger partial charge in [-0.3, -0.25) is 19.3 Å². The molecule has 0 aromatic heterocycles. The highest BCUT2D eigenvalue weighted by molar-refractivity contribution is 6.10. The number of likely N-dealkylation sites (N-methyl/N-ethyl adjacent to an activating group) is 1. The van der Waals surface area contributed by atoms with E-state index in [2.05, 4.69) is 10.6 Å². The zero-order valence-electron chi connectivity index (χ0n) is 16.3. The first kappa shape index (κ1) is 19.6. The number of para-hydroxylation sites is 2. The van der Waals surface area contributed by atoms with Gasteiger partial charge in [0.15, 0.2) is 12.6 Å². The maximum atomic E-state index is 13.0. The number of nitrogens with zero attached hydrogens (tertiary/aromatic N) is 1. The molecule has 1 heterocycles. The molecule has 0 fully saturated rings. The van der Waals surface area contributed by atoms with E-state index < -0.39 is 6.04 Å². The number of nitrogens with one attached hydrogen (secondary N) is 3. The minimum Gasteiger partial charge on any atom is -0.323 e. The van der Waals surface area contributed by atoms with Gasteiger partial charge in [-0.15, -0.1) is 0 Å². The number of hydrogen-bond acceptors (Lipinski definition) is 3. The van der Waals surface area contributed by atoms with Gasteiger partial charge in [0.25, 0.3) is 11.8 Å². The summed E-state index contributed by atoms with van der Waals surface area (Å²) in [7, 11) is 1.80. The molecule has 1 unspecified atom stereocenters. The first-order chi connectivity index (χ1) is 13.3. The van der Waals surface area contributed by atoms with Crippen molar-refractivity contribution in [3.63, 3.8) is 0 Å². The molecule has 1 aliphatic rings. The summed E-state index contributed by atoms with van der Waals surface area (Å²) >= 11 is 0. The highest BCUT2D eigenvalue weighted by atomic mass is 16.2. The fraction of sp³-hybridized carbons (Fsp3) is 0.286. The molecule has 7 nitrogen and oxygen atoms in total. The summed E-state index contributed by atoms with van der Waals surface area (Å²) < 4.78 is 0. The molecule has 3 amide bonds. The summed E-state index contributed by atoms with van der Waals surface area (Å²) in [6.07, 6.45) is 0. The maximum Gasteiger partial charge on any atom is 0.285 e. The highest BCUT2D eigenvalue weighted by Crippen LogP contribution is 2.29. The quantitative estimate of drug-likeness (QED) is 0.717. The van der Waals surface area contributed by atoms with Crippen LogP contribution in [0, 0.1) is 6.92 Å². The smallest absolute Gasteiger partial charge is 0.285 e. The number of rotatable bonds is 5. The Hall–Kier alpha value is -3.19. The second kappa shape index (κ2) is 8.22. The van der Waals surface area contributed by atoms with Gasteiger partial charge in [-0.1, -0.05) is 29.8 Å². The van der Waals surface area contributed by atoms with E-state index in [0.717, 1.165) is 16.2 Å². The summed E-state index contributed by atoms with van der Waals surface area (Å²) in [5.41, 5.74) is 3.14. The average Bonchev–Trinajstić information content (AvgIpc) is 2.67. The third-order valence-electron chi connectivity index (χ3n) is 4.92. The Morgan fingerprint density at radius 1 is 1.18 bits per heavy atom. The fourth-order valence-electron chi connectivity index (χ4n) is 3.12. The van der Waals surface area contributed by atoms with Crippen LogP contribution in [0.25, 0.3) is 0 Å². The van der Waals surface area contributed by atoms with Gasteiger partial charge in [0.1, 0.15) is 6.54 Å². The van der Waals surface area contributed by atoms with E-state index in [0.29, 0.717) is 11.4 Å². The normalized spacial score (nSPS) is 15.2. The first-order valence-electron chi connectivity index (χ1n) is 9.24. The van der Waals surface area contributed by atoms with Crippen molar-refractivity contribution >= 4 is 34.8 Å². The van der Waals surface area contributed by atoms with Crippen molar-refractivity contribution in [1.82, 2.24) is 0 Å². The van der Waals surface area contributed by atoms with E-state index in [1.54, 1.807) is 26.1 Å². The van der Waals surface area contributed by atoms with E-state index in [9.17, 15) is 14.4 Å². The van der Waals surface area contributed by atoms with Crippen LogP contribution in [-0.4, -0.2) is 43.9 Å². The average molecular weight is 381 g/mol. The molecule has 3 rings (SSSR count). The Balaban J connectivity index is 1.65. The lowest BCUT2D eigenvalue weighted by Gasteiger charge is -2.32. The molecular formula is C21H25N4O3+.